The summed E-state index contributed by atoms with van der Waals surface area (Å²) in [6.45, 7) is 0. The Morgan fingerprint density at radius 1 is 1.23 bits per heavy atom. The van der Waals surface area contributed by atoms with Crippen LogP contribution in [0.4, 0.5) is 26.3 Å². The summed E-state index contributed by atoms with van der Waals surface area (Å²) in [6.07, 6.45) is -4.33. The van der Waals surface area contributed by atoms with Crippen LogP contribution in [0.15, 0.2) is 30.5 Å². The highest BCUT2D eigenvalue weighted by molar-refractivity contribution is 5.90. The van der Waals surface area contributed by atoms with Gasteiger partial charge in [-0.25, -0.2) is 18.0 Å². The van der Waals surface area contributed by atoms with Crippen LogP contribution in [0.25, 0.3) is 16.8 Å². The quantitative estimate of drug-likeness (QED) is 0.452. The zero-order valence-electron chi connectivity index (χ0n) is 15.3. The van der Waals surface area contributed by atoms with Gasteiger partial charge in [-0.05, 0) is 18.2 Å². The van der Waals surface area contributed by atoms with E-state index in [-0.39, 0.29) is 24.2 Å². The van der Waals surface area contributed by atoms with Gasteiger partial charge in [0.1, 0.15) is 17.2 Å². The lowest BCUT2D eigenvalue weighted by Gasteiger charge is -2.15. The number of nitrogens with zero attached hydrogens (tertiary/aromatic N) is 3. The molecule has 1 unspecified atom stereocenters. The predicted octanol–water partition coefficient (Wildman–Crippen LogP) is 4.54. The van der Waals surface area contributed by atoms with Gasteiger partial charge < -0.3 is 4.74 Å². The first-order valence-corrected chi connectivity index (χ1v) is 8.73. The van der Waals surface area contributed by atoms with Crippen LogP contribution in [0, 0.1) is 11.7 Å². The Labute approximate surface area is 165 Å². The number of pyridine rings is 1. The number of ether oxygens (including phenoxy) is 1. The van der Waals surface area contributed by atoms with Crippen molar-refractivity contribution in [2.24, 2.45) is 5.92 Å². The summed E-state index contributed by atoms with van der Waals surface area (Å²) < 4.78 is 88.0. The molecule has 0 bridgehead atoms. The van der Waals surface area contributed by atoms with Crippen LogP contribution in [0.1, 0.15) is 28.2 Å². The number of carbonyl (C=O) groups excluding carboxylic acids is 1. The molecule has 1 aromatic carbocycles. The third kappa shape index (κ3) is 3.37. The molecule has 0 saturated heterocycles. The molecule has 0 radical (unpaired) electrons. The fourth-order valence-electron chi connectivity index (χ4n) is 3.34. The van der Waals surface area contributed by atoms with E-state index in [0.717, 1.165) is 35.8 Å². The Kier molecular flexibility index (Phi) is 4.51. The average molecular weight is 429 g/mol. The topological polar surface area (TPSA) is 56.5 Å². The van der Waals surface area contributed by atoms with Crippen molar-refractivity contribution in [3.63, 3.8) is 0 Å². The van der Waals surface area contributed by atoms with Crippen molar-refractivity contribution in [2.75, 3.05) is 7.11 Å². The van der Waals surface area contributed by atoms with Crippen molar-refractivity contribution in [3.8, 4) is 11.1 Å². The molecule has 0 N–H and O–H groups in total. The second-order valence-electron chi connectivity index (χ2n) is 6.96. The van der Waals surface area contributed by atoms with Gasteiger partial charge >= 0.3 is 12.1 Å². The van der Waals surface area contributed by atoms with E-state index in [0.29, 0.717) is 0 Å². The highest BCUT2D eigenvalue weighted by Crippen LogP contribution is 2.50. The summed E-state index contributed by atoms with van der Waals surface area (Å²) in [5.74, 6) is -5.80. The third-order valence-electron chi connectivity index (χ3n) is 5.00. The maximum absolute atomic E-state index is 14.6. The molecule has 1 saturated carbocycles. The fraction of sp³-hybridized carbons (Fsp3) is 0.316. The molecule has 2 aromatic heterocycles. The minimum absolute atomic E-state index is 0.0364. The molecule has 0 spiro atoms. The van der Waals surface area contributed by atoms with Crippen LogP contribution in [-0.2, 0) is 17.3 Å². The van der Waals surface area contributed by atoms with Gasteiger partial charge in [-0.1, -0.05) is 6.07 Å². The first-order chi connectivity index (χ1) is 14.0. The number of rotatable bonds is 4. The normalized spacial score (nSPS) is 17.9. The largest absolute Gasteiger partial charge is 0.465 e. The lowest BCUT2D eigenvalue weighted by molar-refractivity contribution is -0.136. The van der Waals surface area contributed by atoms with E-state index in [4.69, 9.17) is 0 Å². The van der Waals surface area contributed by atoms with E-state index in [1.165, 1.54) is 6.20 Å². The van der Waals surface area contributed by atoms with Gasteiger partial charge in [0.15, 0.2) is 5.65 Å². The SMILES string of the molecule is COC(=O)c1ccc(-c2ccn3c(CC4CC4(F)F)nnc3c2C(F)(F)F)c(F)c1. The standard InChI is InChI=1S/C19H13F6N3O2/c1-30-17(29)9-2-3-11(13(20)6-9)12-4-5-28-14(7-10-8-18(10,21)22)26-27-16(28)15(12)19(23,24)25/h2-6,10H,7-8H2,1H3. The Morgan fingerprint density at radius 3 is 2.50 bits per heavy atom. The van der Waals surface area contributed by atoms with Crippen molar-refractivity contribution >= 4 is 11.6 Å². The molecule has 5 nitrogen and oxygen atoms in total. The summed E-state index contributed by atoms with van der Waals surface area (Å²) in [5, 5.41) is 7.19. The number of methoxy groups -OCH3 is 1. The molecule has 11 heteroatoms. The molecule has 2 heterocycles. The molecule has 1 fully saturated rings. The summed E-state index contributed by atoms with van der Waals surface area (Å²) in [6, 6.07) is 3.96. The summed E-state index contributed by atoms with van der Waals surface area (Å²) >= 11 is 0. The predicted molar refractivity (Wildman–Crippen MR) is 91.5 cm³/mol. The van der Waals surface area contributed by atoms with Crippen LogP contribution in [0.2, 0.25) is 0 Å². The van der Waals surface area contributed by atoms with E-state index in [2.05, 4.69) is 14.9 Å². The van der Waals surface area contributed by atoms with Crippen molar-refractivity contribution in [2.45, 2.75) is 24.9 Å². The van der Waals surface area contributed by atoms with E-state index in [9.17, 15) is 31.1 Å². The molecule has 1 aliphatic rings. The Balaban J connectivity index is 1.84. The molecule has 1 aliphatic carbocycles. The number of carbonyl (C=O) groups is 1. The average Bonchev–Trinajstić information content (AvgIpc) is 3.07. The Morgan fingerprint density at radius 2 is 1.93 bits per heavy atom. The molecule has 0 amide bonds. The number of alkyl halides is 5. The molecular formula is C19H13F6N3O2. The minimum atomic E-state index is -4.93. The molecule has 158 valence electrons. The molecule has 1 atom stereocenters. The van der Waals surface area contributed by atoms with Crippen LogP contribution in [0.3, 0.4) is 0 Å². The van der Waals surface area contributed by atoms with Gasteiger partial charge in [-0.2, -0.15) is 13.2 Å². The summed E-state index contributed by atoms with van der Waals surface area (Å²) in [7, 11) is 1.09. The monoisotopic (exact) mass is 429 g/mol. The van der Waals surface area contributed by atoms with E-state index >= 15 is 0 Å². The zero-order valence-corrected chi connectivity index (χ0v) is 15.3. The Bertz CT molecular complexity index is 1160. The number of halogens is 6. The van der Waals surface area contributed by atoms with E-state index in [1.54, 1.807) is 0 Å². The highest BCUT2D eigenvalue weighted by Gasteiger charge is 2.57. The zero-order chi connectivity index (χ0) is 21.8. The van der Waals surface area contributed by atoms with Crippen LogP contribution in [0.5, 0.6) is 0 Å². The first kappa shape index (κ1) is 20.2. The van der Waals surface area contributed by atoms with Gasteiger partial charge in [0.2, 0.25) is 0 Å². The first-order valence-electron chi connectivity index (χ1n) is 8.73. The van der Waals surface area contributed by atoms with E-state index < -0.39 is 52.1 Å². The maximum atomic E-state index is 14.6. The Hall–Kier alpha value is -3.11. The second-order valence-corrected chi connectivity index (χ2v) is 6.96. The minimum Gasteiger partial charge on any atom is -0.465 e. The van der Waals surface area contributed by atoms with Crippen molar-refractivity contribution in [1.29, 1.82) is 0 Å². The van der Waals surface area contributed by atoms with Crippen LogP contribution >= 0.6 is 0 Å². The van der Waals surface area contributed by atoms with Gasteiger partial charge in [0, 0.05) is 36.1 Å². The van der Waals surface area contributed by atoms with Gasteiger partial charge in [0.05, 0.1) is 12.7 Å². The number of fused-ring (bicyclic) bond motifs is 1. The molecule has 4 rings (SSSR count). The van der Waals surface area contributed by atoms with Gasteiger partial charge in [-0.15, -0.1) is 10.2 Å². The summed E-state index contributed by atoms with van der Waals surface area (Å²) in [5.41, 5.74) is -2.95. The van der Waals surface area contributed by atoms with Gasteiger partial charge in [-0.3, -0.25) is 4.40 Å². The number of aromatic nitrogens is 3. The van der Waals surface area contributed by atoms with Crippen molar-refractivity contribution in [3.05, 3.63) is 53.2 Å². The number of hydrogen-bond donors (Lipinski definition) is 0. The fourth-order valence-corrected chi connectivity index (χ4v) is 3.34. The molecule has 0 aliphatic heterocycles. The maximum Gasteiger partial charge on any atom is 0.420 e. The highest BCUT2D eigenvalue weighted by atomic mass is 19.4. The number of hydrogen-bond acceptors (Lipinski definition) is 4. The third-order valence-corrected chi connectivity index (χ3v) is 5.00. The smallest absolute Gasteiger partial charge is 0.420 e. The lowest BCUT2D eigenvalue weighted by atomic mass is 9.98. The lowest BCUT2D eigenvalue weighted by Crippen LogP contribution is -2.12. The van der Waals surface area contributed by atoms with Gasteiger partial charge in [0.25, 0.3) is 5.92 Å². The van der Waals surface area contributed by atoms with Crippen molar-refractivity contribution in [1.82, 2.24) is 14.6 Å². The van der Waals surface area contributed by atoms with Crippen molar-refractivity contribution < 1.29 is 35.9 Å². The van der Waals surface area contributed by atoms with Crippen LogP contribution < -0.4 is 0 Å². The van der Waals surface area contributed by atoms with Crippen LogP contribution in [-0.4, -0.2) is 33.6 Å². The number of benzene rings is 1. The molecular weight excluding hydrogens is 416 g/mol. The van der Waals surface area contributed by atoms with E-state index in [1.807, 2.05) is 0 Å². The summed E-state index contributed by atoms with van der Waals surface area (Å²) in [4.78, 5) is 11.5. The second kappa shape index (κ2) is 6.71. The molecule has 30 heavy (non-hydrogen) atoms. The molecule has 3 aromatic rings. The number of esters is 1.